The van der Waals surface area contributed by atoms with Crippen molar-refractivity contribution in [2.45, 2.75) is 33.1 Å². The molecule has 2 rings (SSSR count). The zero-order valence-corrected chi connectivity index (χ0v) is 12.0. The number of hydrogen-bond acceptors (Lipinski definition) is 1. The maximum atomic E-state index is 11.1. The number of aromatic carboxylic acids is 1. The van der Waals surface area contributed by atoms with Crippen LogP contribution in [0.1, 0.15) is 41.3 Å². The van der Waals surface area contributed by atoms with Gasteiger partial charge in [0.25, 0.3) is 0 Å². The molecule has 1 N–H and O–H groups in total. The molecule has 2 aromatic carbocycles. The zero-order chi connectivity index (χ0) is 14.5. The highest BCUT2D eigenvalue weighted by molar-refractivity contribution is 5.89. The molecule has 0 bridgehead atoms. The van der Waals surface area contributed by atoms with Crippen molar-refractivity contribution in [3.8, 4) is 11.1 Å². The monoisotopic (exact) mass is 268 g/mol. The molecule has 0 amide bonds. The summed E-state index contributed by atoms with van der Waals surface area (Å²) in [4.78, 5) is 11.1. The van der Waals surface area contributed by atoms with Crippen LogP contribution in [-0.4, -0.2) is 11.1 Å². The molecule has 2 heteroatoms. The van der Waals surface area contributed by atoms with Gasteiger partial charge in [0.1, 0.15) is 0 Å². The maximum Gasteiger partial charge on any atom is 0.335 e. The van der Waals surface area contributed by atoms with E-state index in [4.69, 9.17) is 5.11 Å². The van der Waals surface area contributed by atoms with Gasteiger partial charge in [-0.3, -0.25) is 0 Å². The minimum atomic E-state index is -0.880. The van der Waals surface area contributed by atoms with Crippen LogP contribution in [0.15, 0.2) is 42.5 Å². The molecule has 0 unspecified atom stereocenters. The molecule has 0 aliphatic heterocycles. The van der Waals surface area contributed by atoms with Crippen LogP contribution in [0, 0.1) is 6.92 Å². The van der Waals surface area contributed by atoms with E-state index in [0.29, 0.717) is 5.56 Å². The van der Waals surface area contributed by atoms with Gasteiger partial charge in [-0.2, -0.15) is 0 Å². The molecule has 2 nitrogen and oxygen atoms in total. The molecule has 20 heavy (non-hydrogen) atoms. The Morgan fingerprint density at radius 3 is 2.35 bits per heavy atom. The first-order valence-electron chi connectivity index (χ1n) is 7.04. The Morgan fingerprint density at radius 1 is 1.05 bits per heavy atom. The molecule has 2 aromatic rings. The maximum absolute atomic E-state index is 11.1. The highest BCUT2D eigenvalue weighted by atomic mass is 16.4. The third kappa shape index (κ3) is 3.47. The second-order valence-electron chi connectivity index (χ2n) is 5.19. The lowest BCUT2D eigenvalue weighted by Crippen LogP contribution is -1.97. The average molecular weight is 268 g/mol. The Hall–Kier alpha value is -2.09. The van der Waals surface area contributed by atoms with Crippen molar-refractivity contribution in [2.24, 2.45) is 0 Å². The Kier molecular flexibility index (Phi) is 4.57. The molecule has 0 saturated heterocycles. The quantitative estimate of drug-likeness (QED) is 0.853. The van der Waals surface area contributed by atoms with Crippen molar-refractivity contribution in [3.05, 3.63) is 59.2 Å². The minimum Gasteiger partial charge on any atom is -0.478 e. The summed E-state index contributed by atoms with van der Waals surface area (Å²) in [7, 11) is 0. The molecule has 0 saturated carbocycles. The Labute approximate surface area is 120 Å². The topological polar surface area (TPSA) is 37.3 Å². The number of aryl methyl sites for hydroxylation is 2. The lowest BCUT2D eigenvalue weighted by atomic mass is 9.98. The van der Waals surface area contributed by atoms with E-state index in [1.54, 1.807) is 12.1 Å². The first-order valence-corrected chi connectivity index (χ1v) is 7.04. The van der Waals surface area contributed by atoms with Crippen molar-refractivity contribution in [2.75, 3.05) is 0 Å². The SMILES string of the molecule is CCCCc1ccc(-c2cc(C)cc(C(=O)O)c2)cc1. The normalized spacial score (nSPS) is 10.5. The van der Waals surface area contributed by atoms with Gasteiger partial charge in [-0.1, -0.05) is 43.7 Å². The van der Waals surface area contributed by atoms with Crippen molar-refractivity contribution >= 4 is 5.97 Å². The predicted octanol–water partition coefficient (Wildman–Crippen LogP) is 4.70. The summed E-state index contributed by atoms with van der Waals surface area (Å²) in [5.74, 6) is -0.880. The molecule has 0 atom stereocenters. The number of carboxylic acid groups (broad SMARTS) is 1. The summed E-state index contributed by atoms with van der Waals surface area (Å²) >= 11 is 0. The van der Waals surface area contributed by atoms with Gasteiger partial charge in [-0.05, 0) is 54.2 Å². The van der Waals surface area contributed by atoms with E-state index in [9.17, 15) is 4.79 Å². The third-order valence-electron chi connectivity index (χ3n) is 3.43. The number of benzene rings is 2. The largest absolute Gasteiger partial charge is 0.478 e. The summed E-state index contributed by atoms with van der Waals surface area (Å²) in [5.41, 5.74) is 4.67. The van der Waals surface area contributed by atoms with E-state index in [1.165, 1.54) is 18.4 Å². The average Bonchev–Trinajstić information content (AvgIpc) is 2.45. The number of carbonyl (C=O) groups is 1. The smallest absolute Gasteiger partial charge is 0.335 e. The number of carboxylic acids is 1. The van der Waals surface area contributed by atoms with Gasteiger partial charge in [0.15, 0.2) is 0 Å². The molecular weight excluding hydrogens is 248 g/mol. The number of hydrogen-bond donors (Lipinski definition) is 1. The summed E-state index contributed by atoms with van der Waals surface area (Å²) in [6.45, 7) is 4.11. The Morgan fingerprint density at radius 2 is 1.75 bits per heavy atom. The van der Waals surface area contributed by atoms with Gasteiger partial charge in [0, 0.05) is 0 Å². The van der Waals surface area contributed by atoms with Gasteiger partial charge in [-0.25, -0.2) is 4.79 Å². The third-order valence-corrected chi connectivity index (χ3v) is 3.43. The fourth-order valence-corrected chi connectivity index (χ4v) is 2.32. The van der Waals surface area contributed by atoms with E-state index >= 15 is 0 Å². The predicted molar refractivity (Wildman–Crippen MR) is 82.2 cm³/mol. The molecule has 0 fully saturated rings. The van der Waals surface area contributed by atoms with Crippen LogP contribution in [0.4, 0.5) is 0 Å². The summed E-state index contributed by atoms with van der Waals surface area (Å²) in [6, 6.07) is 13.9. The van der Waals surface area contributed by atoms with Crippen molar-refractivity contribution < 1.29 is 9.90 Å². The van der Waals surface area contributed by atoms with E-state index in [2.05, 4.69) is 31.2 Å². The summed E-state index contributed by atoms with van der Waals surface area (Å²) < 4.78 is 0. The second-order valence-corrected chi connectivity index (χ2v) is 5.19. The van der Waals surface area contributed by atoms with Gasteiger partial charge in [0.2, 0.25) is 0 Å². The lowest BCUT2D eigenvalue weighted by molar-refractivity contribution is 0.0697. The zero-order valence-electron chi connectivity index (χ0n) is 12.0. The molecule has 0 aliphatic rings. The standard InChI is InChI=1S/C18H20O2/c1-3-4-5-14-6-8-15(9-7-14)16-10-13(2)11-17(12-16)18(19)20/h6-12H,3-5H2,1-2H3,(H,19,20). The Balaban J connectivity index is 2.29. The molecular formula is C18H20O2. The molecule has 0 aliphatic carbocycles. The summed E-state index contributed by atoms with van der Waals surface area (Å²) in [5, 5.41) is 9.12. The minimum absolute atomic E-state index is 0.343. The fourth-order valence-electron chi connectivity index (χ4n) is 2.32. The van der Waals surface area contributed by atoms with Crippen LogP contribution >= 0.6 is 0 Å². The van der Waals surface area contributed by atoms with Crippen LogP contribution in [0.25, 0.3) is 11.1 Å². The lowest BCUT2D eigenvalue weighted by Gasteiger charge is -2.07. The van der Waals surface area contributed by atoms with Gasteiger partial charge < -0.3 is 5.11 Å². The first kappa shape index (κ1) is 14.3. The molecule has 0 spiro atoms. The van der Waals surface area contributed by atoms with Crippen molar-refractivity contribution in [1.82, 2.24) is 0 Å². The summed E-state index contributed by atoms with van der Waals surface area (Å²) in [6.07, 6.45) is 3.50. The van der Waals surface area contributed by atoms with Gasteiger partial charge in [-0.15, -0.1) is 0 Å². The van der Waals surface area contributed by atoms with Crippen LogP contribution in [-0.2, 0) is 6.42 Å². The van der Waals surface area contributed by atoms with E-state index in [0.717, 1.165) is 23.1 Å². The van der Waals surface area contributed by atoms with Crippen LogP contribution in [0.5, 0.6) is 0 Å². The van der Waals surface area contributed by atoms with Gasteiger partial charge in [0.05, 0.1) is 5.56 Å². The second kappa shape index (κ2) is 6.38. The number of rotatable bonds is 5. The fraction of sp³-hybridized carbons (Fsp3) is 0.278. The highest BCUT2D eigenvalue weighted by Gasteiger charge is 2.07. The van der Waals surface area contributed by atoms with Crippen LogP contribution in [0.3, 0.4) is 0 Å². The molecule has 0 aromatic heterocycles. The molecule has 104 valence electrons. The van der Waals surface area contributed by atoms with Crippen LogP contribution in [0.2, 0.25) is 0 Å². The van der Waals surface area contributed by atoms with E-state index in [-0.39, 0.29) is 0 Å². The highest BCUT2D eigenvalue weighted by Crippen LogP contribution is 2.23. The van der Waals surface area contributed by atoms with Crippen molar-refractivity contribution in [1.29, 1.82) is 0 Å². The van der Waals surface area contributed by atoms with Gasteiger partial charge >= 0.3 is 5.97 Å². The number of unbranched alkanes of at least 4 members (excludes halogenated alkanes) is 1. The molecule has 0 heterocycles. The first-order chi connectivity index (χ1) is 9.60. The Bertz CT molecular complexity index is 597. The van der Waals surface area contributed by atoms with Crippen molar-refractivity contribution in [3.63, 3.8) is 0 Å². The van der Waals surface area contributed by atoms with Crippen LogP contribution < -0.4 is 0 Å². The molecule has 0 radical (unpaired) electrons. The van der Waals surface area contributed by atoms with E-state index in [1.807, 2.05) is 13.0 Å². The van der Waals surface area contributed by atoms with E-state index < -0.39 is 5.97 Å².